The molecule has 2 heteroatoms. The summed E-state index contributed by atoms with van der Waals surface area (Å²) in [5.41, 5.74) is 0. The molecule has 0 rings (SSSR count). The van der Waals surface area contributed by atoms with Gasteiger partial charge in [0.1, 0.15) is 0 Å². The van der Waals surface area contributed by atoms with Crippen molar-refractivity contribution in [2.24, 2.45) is 0 Å². The van der Waals surface area contributed by atoms with Gasteiger partial charge in [-0.15, -0.1) is 6.58 Å². The summed E-state index contributed by atoms with van der Waals surface area (Å²) in [5, 5.41) is 0. The number of hydrogen-bond acceptors (Lipinski definition) is 2. The average molecular weight is 198 g/mol. The second-order valence-corrected chi connectivity index (χ2v) is 3.52. The minimum atomic E-state index is 0.523. The van der Waals surface area contributed by atoms with E-state index in [0.29, 0.717) is 13.1 Å². The van der Waals surface area contributed by atoms with Gasteiger partial charge in [-0.05, 0) is 19.3 Å². The van der Waals surface area contributed by atoms with Crippen molar-refractivity contribution in [3.63, 3.8) is 0 Å². The van der Waals surface area contributed by atoms with E-state index in [0.717, 1.165) is 12.8 Å². The van der Waals surface area contributed by atoms with Gasteiger partial charge in [0.15, 0.2) is 0 Å². The maximum Gasteiger partial charge on any atom is 0.293 e. The minimum Gasteiger partial charge on any atom is -0.468 e. The van der Waals surface area contributed by atoms with E-state index in [9.17, 15) is 4.79 Å². The molecule has 0 spiro atoms. The molecule has 0 atom stereocenters. The molecule has 14 heavy (non-hydrogen) atoms. The smallest absolute Gasteiger partial charge is 0.293 e. The summed E-state index contributed by atoms with van der Waals surface area (Å²) in [6, 6.07) is 0. The number of carbonyl (C=O) groups is 1. The van der Waals surface area contributed by atoms with Crippen molar-refractivity contribution in [3.8, 4) is 0 Å². The lowest BCUT2D eigenvalue weighted by Crippen LogP contribution is -1.91. The maximum absolute atomic E-state index is 9.81. The first-order chi connectivity index (χ1) is 6.91. The number of rotatable bonds is 11. The van der Waals surface area contributed by atoms with Gasteiger partial charge < -0.3 is 4.74 Å². The molecule has 0 aliphatic carbocycles. The molecule has 0 aliphatic heterocycles. The van der Waals surface area contributed by atoms with Gasteiger partial charge in [-0.25, -0.2) is 0 Å². The Kier molecular flexibility index (Phi) is 11.5. The molecule has 0 N–H and O–H groups in total. The van der Waals surface area contributed by atoms with E-state index in [1.807, 2.05) is 6.08 Å². The maximum atomic E-state index is 9.81. The Labute approximate surface area is 87.3 Å². The Balaban J connectivity index is 2.84. The largest absolute Gasteiger partial charge is 0.468 e. The Hall–Kier alpha value is -0.790. The normalized spacial score (nSPS) is 9.71. The van der Waals surface area contributed by atoms with Crippen LogP contribution in [0.2, 0.25) is 0 Å². The monoisotopic (exact) mass is 198 g/mol. The van der Waals surface area contributed by atoms with Crippen LogP contribution in [0.25, 0.3) is 0 Å². The number of allylic oxidation sites excluding steroid dienone is 1. The van der Waals surface area contributed by atoms with Gasteiger partial charge in [-0.1, -0.05) is 38.2 Å². The second-order valence-electron chi connectivity index (χ2n) is 3.52. The predicted molar refractivity (Wildman–Crippen MR) is 59.1 cm³/mol. The molecule has 82 valence electrons. The van der Waals surface area contributed by atoms with Crippen LogP contribution in [0.15, 0.2) is 12.7 Å². The first-order valence-electron chi connectivity index (χ1n) is 5.58. The highest BCUT2D eigenvalue weighted by atomic mass is 16.5. The van der Waals surface area contributed by atoms with Crippen LogP contribution in [0.4, 0.5) is 0 Å². The van der Waals surface area contributed by atoms with Crippen molar-refractivity contribution < 1.29 is 9.53 Å². The van der Waals surface area contributed by atoms with Crippen LogP contribution in [-0.2, 0) is 9.53 Å². The minimum absolute atomic E-state index is 0.523. The lowest BCUT2D eigenvalue weighted by molar-refractivity contribution is -0.128. The van der Waals surface area contributed by atoms with E-state index < -0.39 is 0 Å². The van der Waals surface area contributed by atoms with Crippen LogP contribution < -0.4 is 0 Å². The Morgan fingerprint density at radius 2 is 1.50 bits per heavy atom. The highest BCUT2D eigenvalue weighted by Gasteiger charge is 1.91. The lowest BCUT2D eigenvalue weighted by atomic mass is 10.1. The quantitative estimate of drug-likeness (QED) is 0.289. The third kappa shape index (κ3) is 11.2. The molecular formula is C12H22O2. The highest BCUT2D eigenvalue weighted by molar-refractivity contribution is 5.36. The molecule has 0 aromatic carbocycles. The molecule has 0 amide bonds. The van der Waals surface area contributed by atoms with E-state index >= 15 is 0 Å². The summed E-state index contributed by atoms with van der Waals surface area (Å²) in [4.78, 5) is 9.81. The molecule has 0 aromatic rings. The topological polar surface area (TPSA) is 26.3 Å². The zero-order valence-electron chi connectivity index (χ0n) is 9.04. The summed E-state index contributed by atoms with van der Waals surface area (Å²) in [6.07, 6.45) is 11.8. The summed E-state index contributed by atoms with van der Waals surface area (Å²) >= 11 is 0. The van der Waals surface area contributed by atoms with Crippen LogP contribution in [-0.4, -0.2) is 13.1 Å². The fraction of sp³-hybridized carbons (Fsp3) is 0.750. The van der Waals surface area contributed by atoms with Crippen molar-refractivity contribution in [2.75, 3.05) is 6.61 Å². The number of carbonyl (C=O) groups excluding carboxylic acids is 1. The van der Waals surface area contributed by atoms with Crippen molar-refractivity contribution in [3.05, 3.63) is 12.7 Å². The molecule has 0 unspecified atom stereocenters. The molecule has 0 saturated carbocycles. The molecule has 2 nitrogen and oxygen atoms in total. The molecule has 0 radical (unpaired) electrons. The first kappa shape index (κ1) is 13.2. The second kappa shape index (κ2) is 12.2. The third-order valence-electron chi connectivity index (χ3n) is 2.24. The summed E-state index contributed by atoms with van der Waals surface area (Å²) in [5.74, 6) is 0. The van der Waals surface area contributed by atoms with Crippen LogP contribution in [0.3, 0.4) is 0 Å². The Bertz CT molecular complexity index is 116. The molecule has 0 saturated heterocycles. The lowest BCUT2D eigenvalue weighted by Gasteiger charge is -2.00. The SMILES string of the molecule is C=CCCCCCCCCCOC=O. The van der Waals surface area contributed by atoms with E-state index in [-0.39, 0.29) is 0 Å². The van der Waals surface area contributed by atoms with Crippen LogP contribution in [0, 0.1) is 0 Å². The van der Waals surface area contributed by atoms with Gasteiger partial charge >= 0.3 is 0 Å². The predicted octanol–water partition coefficient (Wildman–Crippen LogP) is 3.47. The summed E-state index contributed by atoms with van der Waals surface area (Å²) in [6.45, 7) is 4.80. The number of ether oxygens (including phenoxy) is 1. The summed E-state index contributed by atoms with van der Waals surface area (Å²) < 4.78 is 4.60. The van der Waals surface area contributed by atoms with E-state index in [4.69, 9.17) is 0 Å². The van der Waals surface area contributed by atoms with E-state index in [1.165, 1.54) is 38.5 Å². The van der Waals surface area contributed by atoms with Gasteiger partial charge in [-0.3, -0.25) is 4.79 Å². The standard InChI is InChI=1S/C12H22O2/c1-2-3-4-5-6-7-8-9-10-11-14-12-13/h2,12H,1,3-11H2. The van der Waals surface area contributed by atoms with Gasteiger partial charge in [-0.2, -0.15) is 0 Å². The molecule has 0 fully saturated rings. The molecule has 0 aliphatic rings. The van der Waals surface area contributed by atoms with Gasteiger partial charge in [0, 0.05) is 0 Å². The summed E-state index contributed by atoms with van der Waals surface area (Å²) in [7, 11) is 0. The van der Waals surface area contributed by atoms with Crippen molar-refractivity contribution >= 4 is 6.47 Å². The first-order valence-corrected chi connectivity index (χ1v) is 5.58. The number of unbranched alkanes of at least 4 members (excludes halogenated alkanes) is 7. The van der Waals surface area contributed by atoms with Crippen molar-refractivity contribution in [2.45, 2.75) is 51.4 Å². The number of hydrogen-bond donors (Lipinski definition) is 0. The molecular weight excluding hydrogens is 176 g/mol. The van der Waals surface area contributed by atoms with Crippen molar-refractivity contribution in [1.29, 1.82) is 0 Å². The van der Waals surface area contributed by atoms with Crippen molar-refractivity contribution in [1.82, 2.24) is 0 Å². The molecule has 0 heterocycles. The van der Waals surface area contributed by atoms with Gasteiger partial charge in [0.05, 0.1) is 6.61 Å². The Morgan fingerprint density at radius 1 is 0.929 bits per heavy atom. The zero-order valence-corrected chi connectivity index (χ0v) is 9.04. The van der Waals surface area contributed by atoms with E-state index in [1.54, 1.807) is 0 Å². The highest BCUT2D eigenvalue weighted by Crippen LogP contribution is 2.08. The average Bonchev–Trinajstić information content (AvgIpc) is 2.21. The fourth-order valence-electron chi connectivity index (χ4n) is 1.41. The zero-order chi connectivity index (χ0) is 10.5. The third-order valence-corrected chi connectivity index (χ3v) is 2.24. The van der Waals surface area contributed by atoms with Crippen LogP contribution in [0.1, 0.15) is 51.4 Å². The Morgan fingerprint density at radius 3 is 2.07 bits per heavy atom. The molecule has 0 aromatic heterocycles. The van der Waals surface area contributed by atoms with Crippen LogP contribution in [0.5, 0.6) is 0 Å². The van der Waals surface area contributed by atoms with Gasteiger partial charge in [0.2, 0.25) is 0 Å². The fourth-order valence-corrected chi connectivity index (χ4v) is 1.41. The molecule has 0 bridgehead atoms. The van der Waals surface area contributed by atoms with Gasteiger partial charge in [0.25, 0.3) is 6.47 Å². The van der Waals surface area contributed by atoms with E-state index in [2.05, 4.69) is 11.3 Å². The van der Waals surface area contributed by atoms with Crippen LogP contribution >= 0.6 is 0 Å².